The van der Waals surface area contributed by atoms with Crippen molar-refractivity contribution in [2.24, 2.45) is 23.3 Å². The molecule has 0 bridgehead atoms. The van der Waals surface area contributed by atoms with Crippen molar-refractivity contribution in [2.75, 3.05) is 14.1 Å². The zero-order valence-corrected chi connectivity index (χ0v) is 20.1. The maximum absolute atomic E-state index is 13.7. The summed E-state index contributed by atoms with van der Waals surface area (Å²) < 4.78 is 0.423. The molecule has 0 aliphatic heterocycles. The molecule has 0 aromatic heterocycles. The van der Waals surface area contributed by atoms with Crippen LogP contribution in [0.1, 0.15) is 23.1 Å². The number of phenolic OH excluding ortho intramolecular Hbond substituents is 1. The summed E-state index contributed by atoms with van der Waals surface area (Å²) in [6.45, 7) is 0.138. The molecule has 33 heavy (non-hydrogen) atoms. The molecule has 1 saturated carbocycles. The van der Waals surface area contributed by atoms with Gasteiger partial charge in [0.05, 0.1) is 15.2 Å². The first-order valence-corrected chi connectivity index (χ1v) is 11.3. The lowest BCUT2D eigenvalue weighted by molar-refractivity contribution is -0.153. The van der Waals surface area contributed by atoms with Crippen molar-refractivity contribution >= 4 is 45.8 Å². The summed E-state index contributed by atoms with van der Waals surface area (Å²) in [6, 6.07) is 0.593. The summed E-state index contributed by atoms with van der Waals surface area (Å²) in [5, 5.41) is 44.1. The number of carbonyl (C=O) groups is 3. The van der Waals surface area contributed by atoms with Crippen molar-refractivity contribution in [1.29, 1.82) is 0 Å². The van der Waals surface area contributed by atoms with Gasteiger partial charge in [-0.05, 0) is 72.6 Å². The van der Waals surface area contributed by atoms with Crippen molar-refractivity contribution in [3.8, 4) is 5.75 Å². The third kappa shape index (κ3) is 3.06. The van der Waals surface area contributed by atoms with Crippen LogP contribution in [-0.2, 0) is 27.3 Å². The molecule has 4 unspecified atom stereocenters. The Morgan fingerprint density at radius 3 is 2.45 bits per heavy atom. The predicted octanol–water partition coefficient (Wildman–Crippen LogP) is 0.0273. The van der Waals surface area contributed by atoms with Gasteiger partial charge in [-0.15, -0.1) is 0 Å². The first kappa shape index (κ1) is 23.7. The number of Topliss-reactive ketones (excluding diaryl/α,β-unsaturated/α-hetero) is 2. The zero-order chi connectivity index (χ0) is 24.6. The molecule has 3 aliphatic carbocycles. The molecular formula is C22H24IN3O7. The third-order valence-corrected chi connectivity index (χ3v) is 7.81. The molecule has 10 nitrogen and oxygen atoms in total. The first-order chi connectivity index (χ1) is 15.4. The van der Waals surface area contributed by atoms with Crippen LogP contribution in [0.25, 0.3) is 5.76 Å². The van der Waals surface area contributed by atoms with E-state index in [1.54, 1.807) is 20.2 Å². The fourth-order valence-corrected chi connectivity index (χ4v) is 6.18. The van der Waals surface area contributed by atoms with Gasteiger partial charge in [-0.25, -0.2) is 0 Å². The molecule has 1 fully saturated rings. The van der Waals surface area contributed by atoms with Crippen molar-refractivity contribution in [1.82, 2.24) is 4.90 Å². The summed E-state index contributed by atoms with van der Waals surface area (Å²) in [7, 11) is 3.11. The normalized spacial score (nSPS) is 29.2. The van der Waals surface area contributed by atoms with Crippen LogP contribution in [0.3, 0.4) is 0 Å². The highest BCUT2D eigenvalue weighted by molar-refractivity contribution is 14.1. The maximum Gasteiger partial charge on any atom is 0.255 e. The van der Waals surface area contributed by atoms with Gasteiger partial charge in [-0.3, -0.25) is 19.3 Å². The lowest BCUT2D eigenvalue weighted by Crippen LogP contribution is -2.65. The van der Waals surface area contributed by atoms with Gasteiger partial charge in [0.15, 0.2) is 11.4 Å². The van der Waals surface area contributed by atoms with Crippen LogP contribution in [0, 0.1) is 15.4 Å². The van der Waals surface area contributed by atoms with E-state index in [1.807, 2.05) is 22.6 Å². The summed E-state index contributed by atoms with van der Waals surface area (Å²) >= 11 is 1.88. The number of rotatable bonds is 3. The highest BCUT2D eigenvalue weighted by Gasteiger charge is 2.64. The van der Waals surface area contributed by atoms with Crippen LogP contribution in [0.5, 0.6) is 5.75 Å². The van der Waals surface area contributed by atoms with Crippen LogP contribution in [0.2, 0.25) is 0 Å². The molecule has 1 amide bonds. The number of fused-ring (bicyclic) bond motifs is 3. The molecular weight excluding hydrogens is 545 g/mol. The number of hydrogen-bond donors (Lipinski definition) is 6. The van der Waals surface area contributed by atoms with Gasteiger partial charge in [0.1, 0.15) is 22.8 Å². The highest BCUT2D eigenvalue weighted by Crippen LogP contribution is 2.53. The smallest absolute Gasteiger partial charge is 0.255 e. The Labute approximate surface area is 202 Å². The number of benzene rings is 1. The topological polar surface area (TPSA) is 187 Å². The molecule has 1 aromatic carbocycles. The third-order valence-electron chi connectivity index (χ3n) is 6.99. The Balaban J connectivity index is 2.00. The lowest BCUT2D eigenvalue weighted by Gasteiger charge is -2.50. The summed E-state index contributed by atoms with van der Waals surface area (Å²) in [5.74, 6) is -6.64. The van der Waals surface area contributed by atoms with Crippen LogP contribution >= 0.6 is 22.6 Å². The van der Waals surface area contributed by atoms with Gasteiger partial charge in [-0.2, -0.15) is 0 Å². The number of primary amides is 1. The Morgan fingerprint density at radius 2 is 1.91 bits per heavy atom. The number of phenols is 1. The number of hydrogen-bond acceptors (Lipinski definition) is 9. The second-order valence-electron chi connectivity index (χ2n) is 8.89. The molecule has 11 heteroatoms. The number of likely N-dealkylation sites (N-methyl/N-ethyl adjacent to an activating group) is 1. The van der Waals surface area contributed by atoms with E-state index in [9.17, 15) is 34.8 Å². The molecule has 4 atom stereocenters. The van der Waals surface area contributed by atoms with Crippen molar-refractivity contribution in [3.63, 3.8) is 0 Å². The second kappa shape index (κ2) is 7.79. The number of halogens is 1. The van der Waals surface area contributed by atoms with Crippen LogP contribution in [0.15, 0.2) is 23.0 Å². The van der Waals surface area contributed by atoms with Crippen molar-refractivity contribution in [3.05, 3.63) is 43.2 Å². The number of nitrogens with two attached hydrogens (primary N) is 2. The van der Waals surface area contributed by atoms with Gasteiger partial charge in [0.25, 0.3) is 5.91 Å². The average Bonchev–Trinajstić information content (AvgIpc) is 2.72. The van der Waals surface area contributed by atoms with E-state index in [4.69, 9.17) is 11.5 Å². The van der Waals surface area contributed by atoms with E-state index in [2.05, 4.69) is 0 Å². The highest BCUT2D eigenvalue weighted by atomic mass is 127. The molecule has 0 heterocycles. The second-order valence-corrected chi connectivity index (χ2v) is 10.0. The molecule has 4 rings (SSSR count). The number of aromatic hydroxyl groups is 1. The van der Waals surface area contributed by atoms with Crippen LogP contribution < -0.4 is 11.5 Å². The van der Waals surface area contributed by atoms with E-state index < -0.39 is 58.0 Å². The minimum atomic E-state index is -2.64. The minimum absolute atomic E-state index is 0.0442. The fourth-order valence-electron chi connectivity index (χ4n) is 5.53. The van der Waals surface area contributed by atoms with Crippen molar-refractivity contribution < 1.29 is 34.8 Å². The quantitative estimate of drug-likeness (QED) is 0.216. The van der Waals surface area contributed by atoms with Gasteiger partial charge >= 0.3 is 0 Å². The zero-order valence-electron chi connectivity index (χ0n) is 17.9. The molecule has 1 aromatic rings. The van der Waals surface area contributed by atoms with Gasteiger partial charge in [0.2, 0.25) is 5.78 Å². The number of nitrogens with zero attached hydrogens (tertiary/aromatic N) is 1. The van der Waals surface area contributed by atoms with Crippen LogP contribution in [-0.4, -0.2) is 68.5 Å². The first-order valence-electron chi connectivity index (χ1n) is 10.3. The maximum atomic E-state index is 13.7. The number of amides is 1. The Bertz CT molecular complexity index is 1190. The SMILES string of the molecule is CN(C)C1C(=O)C(C(N)=O)=C(O)C2(O)C(=O)C3=C(O)c4c(O)c(I)cc(CN)c4CC3CC12. The Kier molecular flexibility index (Phi) is 5.59. The van der Waals surface area contributed by atoms with Gasteiger partial charge < -0.3 is 31.9 Å². The van der Waals surface area contributed by atoms with Gasteiger partial charge in [-0.1, -0.05) is 0 Å². The van der Waals surface area contributed by atoms with E-state index >= 15 is 0 Å². The summed E-state index contributed by atoms with van der Waals surface area (Å²) in [5.41, 5.74) is 8.86. The van der Waals surface area contributed by atoms with E-state index in [0.29, 0.717) is 14.7 Å². The Hall–Kier alpha value is -2.48. The number of ketones is 2. The van der Waals surface area contributed by atoms with Crippen molar-refractivity contribution in [2.45, 2.75) is 31.0 Å². The summed E-state index contributed by atoms with van der Waals surface area (Å²) in [6.07, 6.45) is 0.272. The molecule has 8 N–H and O–H groups in total. The number of aliphatic hydroxyl groups is 3. The van der Waals surface area contributed by atoms with E-state index in [1.165, 1.54) is 4.90 Å². The fraction of sp³-hybridized carbons (Fsp3) is 0.409. The summed E-state index contributed by atoms with van der Waals surface area (Å²) in [4.78, 5) is 40.2. The standard InChI is InChI=1S/C22H24IN3O7/c1-26(2)15-10-4-7-3-9-8(6-24)5-11(23)16(27)13(9)17(28)12(7)19(30)22(10,33)20(31)14(18(15)29)21(25)32/h5,7,10,15,27-28,31,33H,3-4,6,24H2,1-2H3,(H2,25,32). The largest absolute Gasteiger partial charge is 0.508 e. The molecule has 0 saturated heterocycles. The monoisotopic (exact) mass is 569 g/mol. The van der Waals surface area contributed by atoms with Crippen LogP contribution in [0.4, 0.5) is 0 Å². The predicted molar refractivity (Wildman–Crippen MR) is 125 cm³/mol. The molecule has 3 aliphatic rings. The molecule has 0 radical (unpaired) electrons. The van der Waals surface area contributed by atoms with Gasteiger partial charge in [0, 0.05) is 18.0 Å². The average molecular weight is 569 g/mol. The molecule has 0 spiro atoms. The molecule has 176 valence electrons. The lowest BCUT2D eigenvalue weighted by atomic mass is 9.57. The Morgan fingerprint density at radius 1 is 1.27 bits per heavy atom. The number of carbonyl (C=O) groups excluding carboxylic acids is 3. The number of aliphatic hydroxyl groups excluding tert-OH is 2. The van der Waals surface area contributed by atoms with E-state index in [0.717, 1.165) is 0 Å². The van der Waals surface area contributed by atoms with E-state index in [-0.39, 0.29) is 36.3 Å². The minimum Gasteiger partial charge on any atom is -0.508 e.